The van der Waals surface area contributed by atoms with Crippen molar-refractivity contribution in [3.8, 4) is 21.8 Å². The van der Waals surface area contributed by atoms with Gasteiger partial charge in [-0.2, -0.15) is 48.0 Å². The molecular weight excluding hydrogens is 1610 g/mol. The SMILES string of the molecule is CC.CC.CC.CC.CC.CC.CC.[CH3-].[CH3-].[CH3-].[CH3-].[Ir].[Ir].[Ir].[Ir].[c-]1cccc2ccc3cccnc3c12.[c-]1ccccc1-c1ccccn1.[c-]1ccccc1Cc1ccccn1.[c-]1ccsc1-c1ccccn1. The van der Waals surface area contributed by atoms with Crippen LogP contribution in [0.5, 0.6) is 0 Å². The van der Waals surface area contributed by atoms with Crippen LogP contribution in [0.2, 0.25) is 0 Å². The average molecular weight is 1700 g/mol. The summed E-state index contributed by atoms with van der Waals surface area (Å²) >= 11 is 1.66. The van der Waals surface area contributed by atoms with Crippen LogP contribution in [0.1, 0.15) is 108 Å². The second kappa shape index (κ2) is 67.3. The predicted molar refractivity (Wildman–Crippen MR) is 310 cm³/mol. The summed E-state index contributed by atoms with van der Waals surface area (Å²) in [5.41, 5.74) is 6.32. The third-order valence-corrected chi connectivity index (χ3v) is 8.13. The number of aromatic nitrogens is 4. The zero-order chi connectivity index (χ0) is 48.1. The standard InChI is InChI=1S/C13H8N.C12H10N.C11H8N.C9H6NS.7C2H6.4CH3.4Ir/c1-2-6-12-10(4-1)7-8-11-5-3-9-14-13(11)12;1-2-6-11(7-3-1)10-12-8-4-5-9-13-12;1-2-6-10(7-3-1)11-8-4-5-9-12-11;1-2-6-10-8(4-1)9-5-3-7-11-9;7*1-2;;;;;;;;/h1-5,7-9H;1-6,8-9H,10H2;1-6,8-9H;1-4,6-7H;7*1-2H3;4*1H3;;;;/q4*-1;;;;;;;;4*-1;;;;. The maximum atomic E-state index is 4.38. The average Bonchev–Trinajstić information content (AvgIpc) is 3.98. The van der Waals surface area contributed by atoms with Crippen molar-refractivity contribution in [3.05, 3.63) is 247 Å². The van der Waals surface area contributed by atoms with E-state index < -0.39 is 0 Å². The van der Waals surface area contributed by atoms with Gasteiger partial charge in [-0.1, -0.05) is 150 Å². The number of hydrogen-bond acceptors (Lipinski definition) is 5. The van der Waals surface area contributed by atoms with E-state index in [1.54, 1.807) is 23.7 Å². The molecule has 4 aromatic carbocycles. The molecule has 0 aliphatic heterocycles. The summed E-state index contributed by atoms with van der Waals surface area (Å²) in [6.07, 6.45) is 8.08. The minimum Gasteiger partial charge on any atom is -0.358 e. The number of benzene rings is 4. The Morgan fingerprint density at radius 2 is 0.847 bits per heavy atom. The topological polar surface area (TPSA) is 51.6 Å². The van der Waals surface area contributed by atoms with Crippen molar-refractivity contribution in [1.29, 1.82) is 0 Å². The van der Waals surface area contributed by atoms with Gasteiger partial charge in [0.1, 0.15) is 0 Å². The van der Waals surface area contributed by atoms with Crippen LogP contribution in [0.15, 0.2) is 182 Å². The fourth-order valence-corrected chi connectivity index (χ4v) is 5.57. The van der Waals surface area contributed by atoms with Crippen LogP contribution in [-0.4, -0.2) is 19.9 Å². The van der Waals surface area contributed by atoms with E-state index in [0.29, 0.717) is 0 Å². The molecule has 408 valence electrons. The molecule has 0 bridgehead atoms. The van der Waals surface area contributed by atoms with E-state index in [-0.39, 0.29) is 110 Å². The molecule has 0 N–H and O–H groups in total. The Labute approximate surface area is 501 Å². The molecular formula is C63H86Ir4N4S-8. The zero-order valence-electron chi connectivity index (χ0n) is 46.6. The summed E-state index contributed by atoms with van der Waals surface area (Å²) in [7, 11) is 0. The van der Waals surface area contributed by atoms with Crippen LogP contribution in [0.25, 0.3) is 43.5 Å². The first-order valence-electron chi connectivity index (χ1n) is 23.1. The monoisotopic (exact) mass is 1700 g/mol. The Morgan fingerprint density at radius 3 is 1.32 bits per heavy atom. The van der Waals surface area contributed by atoms with Gasteiger partial charge in [0.2, 0.25) is 0 Å². The first kappa shape index (κ1) is 91.0. The molecule has 9 rings (SSSR count). The van der Waals surface area contributed by atoms with Crippen LogP contribution >= 0.6 is 11.3 Å². The van der Waals surface area contributed by atoms with Gasteiger partial charge in [-0.3, -0.25) is 4.98 Å². The van der Waals surface area contributed by atoms with Crippen LogP contribution in [-0.2, 0) is 86.8 Å². The summed E-state index contributed by atoms with van der Waals surface area (Å²) in [5, 5.41) is 5.47. The molecule has 4 nitrogen and oxygen atoms in total. The summed E-state index contributed by atoms with van der Waals surface area (Å²) in [6.45, 7) is 28.0. The summed E-state index contributed by atoms with van der Waals surface area (Å²) in [5.74, 6) is 0. The number of pyridine rings is 4. The quantitative estimate of drug-likeness (QED) is 0.130. The molecule has 0 saturated heterocycles. The van der Waals surface area contributed by atoms with E-state index in [1.165, 1.54) is 16.3 Å². The van der Waals surface area contributed by atoms with Crippen molar-refractivity contribution in [2.75, 3.05) is 0 Å². The van der Waals surface area contributed by atoms with E-state index in [4.69, 9.17) is 0 Å². The first-order valence-corrected chi connectivity index (χ1v) is 24.0. The number of fused-ring (bicyclic) bond motifs is 3. The van der Waals surface area contributed by atoms with Gasteiger partial charge >= 0.3 is 0 Å². The number of nitrogens with zero attached hydrogens (tertiary/aromatic N) is 4. The van der Waals surface area contributed by atoms with Gasteiger partial charge in [0.25, 0.3) is 0 Å². The van der Waals surface area contributed by atoms with Gasteiger partial charge in [-0.15, -0.1) is 76.3 Å². The van der Waals surface area contributed by atoms with Gasteiger partial charge in [-0.05, 0) is 59.0 Å². The number of thiophene rings is 1. The van der Waals surface area contributed by atoms with Crippen molar-refractivity contribution in [3.63, 3.8) is 0 Å². The molecule has 0 unspecified atom stereocenters. The normalized spacial score (nSPS) is 7.58. The molecule has 5 aromatic heterocycles. The smallest absolute Gasteiger partial charge is 0.0426 e. The van der Waals surface area contributed by atoms with E-state index in [0.717, 1.165) is 44.8 Å². The Morgan fingerprint density at radius 1 is 0.375 bits per heavy atom. The van der Waals surface area contributed by atoms with Gasteiger partial charge in [0.05, 0.1) is 0 Å². The molecule has 0 aliphatic rings. The van der Waals surface area contributed by atoms with Crippen LogP contribution in [0.3, 0.4) is 0 Å². The fourth-order valence-electron chi connectivity index (χ4n) is 4.92. The van der Waals surface area contributed by atoms with Gasteiger partial charge < -0.3 is 44.7 Å². The molecule has 0 atom stereocenters. The summed E-state index contributed by atoms with van der Waals surface area (Å²) in [6, 6.07) is 62.3. The maximum absolute atomic E-state index is 4.38. The van der Waals surface area contributed by atoms with Gasteiger partial charge in [0, 0.05) is 111 Å². The van der Waals surface area contributed by atoms with Crippen LogP contribution < -0.4 is 0 Å². The van der Waals surface area contributed by atoms with Crippen molar-refractivity contribution < 1.29 is 80.4 Å². The zero-order valence-corrected chi connectivity index (χ0v) is 57.0. The summed E-state index contributed by atoms with van der Waals surface area (Å²) in [4.78, 5) is 18.2. The molecule has 9 aromatic rings. The van der Waals surface area contributed by atoms with Crippen LogP contribution in [0.4, 0.5) is 0 Å². The maximum Gasteiger partial charge on any atom is 0.0426 e. The molecule has 0 saturated carbocycles. The van der Waals surface area contributed by atoms with E-state index >= 15 is 0 Å². The third kappa shape index (κ3) is 38.0. The number of hydrogen-bond donors (Lipinski definition) is 0. The van der Waals surface area contributed by atoms with Gasteiger partial charge in [0.15, 0.2) is 0 Å². The van der Waals surface area contributed by atoms with Crippen molar-refractivity contribution in [1.82, 2.24) is 19.9 Å². The second-order valence-corrected chi connectivity index (χ2v) is 11.7. The van der Waals surface area contributed by atoms with Crippen molar-refractivity contribution in [2.45, 2.75) is 103 Å². The van der Waals surface area contributed by atoms with E-state index in [2.05, 4.69) is 74.5 Å². The minimum absolute atomic E-state index is 0. The Kier molecular flexibility index (Phi) is 85.1. The first-order chi connectivity index (χ1) is 31.8. The molecule has 72 heavy (non-hydrogen) atoms. The molecule has 4 radical (unpaired) electrons. The van der Waals surface area contributed by atoms with E-state index in [9.17, 15) is 0 Å². The van der Waals surface area contributed by atoms with Gasteiger partial charge in [-0.25, -0.2) is 11.3 Å². The molecule has 5 heterocycles. The number of rotatable bonds is 4. The minimum atomic E-state index is 0. The third-order valence-electron chi connectivity index (χ3n) is 7.29. The van der Waals surface area contributed by atoms with Crippen molar-refractivity contribution >= 4 is 33.0 Å². The fraction of sp³-hybridized carbons (Fsp3) is 0.238. The molecule has 0 amide bonds. The largest absolute Gasteiger partial charge is 0.358 e. The molecule has 0 spiro atoms. The van der Waals surface area contributed by atoms with E-state index in [1.807, 2.05) is 236 Å². The molecule has 0 fully saturated rings. The predicted octanol–water partition coefficient (Wildman–Crippen LogP) is 19.8. The molecule has 9 heteroatoms. The summed E-state index contributed by atoms with van der Waals surface area (Å²) < 4.78 is 0. The second-order valence-electron chi connectivity index (χ2n) is 10.8. The molecule has 0 aliphatic carbocycles. The van der Waals surface area contributed by atoms with Crippen LogP contribution in [0, 0.1) is 54.0 Å². The van der Waals surface area contributed by atoms with Crippen molar-refractivity contribution in [2.24, 2.45) is 0 Å². The Bertz CT molecular complexity index is 2160. The Hall–Kier alpha value is -3.70. The Balaban J connectivity index is -0.0000000796.